The molecule has 0 bridgehead atoms. The van der Waals surface area contributed by atoms with Gasteiger partial charge >= 0.3 is 0 Å². The second-order valence-electron chi connectivity index (χ2n) is 5.99. The summed E-state index contributed by atoms with van der Waals surface area (Å²) in [6, 6.07) is 5.35. The van der Waals surface area contributed by atoms with Crippen molar-refractivity contribution in [3.8, 4) is 22.5 Å². The van der Waals surface area contributed by atoms with Gasteiger partial charge in [-0.25, -0.2) is 15.0 Å². The molecule has 0 fully saturated rings. The number of amides is 1. The molecule has 0 unspecified atom stereocenters. The molecule has 1 N–H and O–H groups in total. The Kier molecular flexibility index (Phi) is 6.88. The fourth-order valence-corrected chi connectivity index (χ4v) is 2.60. The smallest absolute Gasteiger partial charge is 0.247 e. The van der Waals surface area contributed by atoms with Crippen molar-refractivity contribution in [1.29, 1.82) is 0 Å². The Labute approximate surface area is 174 Å². The average Bonchev–Trinajstić information content (AvgIpc) is 3.25. The zero-order valence-corrected chi connectivity index (χ0v) is 17.0. The number of hydrogen-bond donors (Lipinski definition) is 1. The highest BCUT2D eigenvalue weighted by atomic mass is 16.2. The molecule has 0 aliphatic carbocycles. The third kappa shape index (κ3) is 5.28. The summed E-state index contributed by atoms with van der Waals surface area (Å²) >= 11 is 0. The Morgan fingerprint density at radius 2 is 1.80 bits per heavy atom. The molecule has 0 spiro atoms. The minimum Gasteiger partial charge on any atom is -0.309 e. The molecule has 4 heterocycles. The van der Waals surface area contributed by atoms with Crippen LogP contribution in [0.5, 0.6) is 0 Å². The number of rotatable bonds is 5. The van der Waals surface area contributed by atoms with Crippen molar-refractivity contribution in [2.75, 3.05) is 5.32 Å². The van der Waals surface area contributed by atoms with Crippen molar-refractivity contribution < 1.29 is 4.79 Å². The summed E-state index contributed by atoms with van der Waals surface area (Å²) in [6.45, 7) is 5.89. The summed E-state index contributed by atoms with van der Waals surface area (Å²) < 4.78 is 1.55. The number of nitrogens with zero attached hydrogens (tertiary/aromatic N) is 7. The van der Waals surface area contributed by atoms with E-state index in [0.29, 0.717) is 11.6 Å². The number of carbonyl (C=O) groups is 1. The molecule has 4 aromatic rings. The Morgan fingerprint density at radius 1 is 0.933 bits per heavy atom. The lowest BCUT2D eigenvalue weighted by Gasteiger charge is -2.05. The van der Waals surface area contributed by atoms with Crippen LogP contribution in [0.1, 0.15) is 19.7 Å². The predicted molar refractivity (Wildman–Crippen MR) is 113 cm³/mol. The standard InChI is InChI=1S/C19H16N8O.C2H6/c1-13-21-5-4-16(25-13)15-9-24-27(11-15)12-19(28)26-18-3-2-14(8-23-18)17-10-20-6-7-22-17;1-2/h2-11H,12H2,1H3,(H,23,26,28);1-2H3. The molecule has 4 rings (SSSR count). The molecular weight excluding hydrogens is 380 g/mol. The lowest BCUT2D eigenvalue weighted by molar-refractivity contribution is -0.116. The van der Waals surface area contributed by atoms with Gasteiger partial charge in [0, 0.05) is 42.1 Å². The number of carbonyl (C=O) groups excluding carboxylic acids is 1. The molecule has 0 aliphatic heterocycles. The fraction of sp³-hybridized carbons (Fsp3) is 0.190. The normalized spacial score (nSPS) is 10.1. The van der Waals surface area contributed by atoms with Gasteiger partial charge in [-0.15, -0.1) is 0 Å². The summed E-state index contributed by atoms with van der Waals surface area (Å²) in [5.74, 6) is 0.906. The third-order valence-electron chi connectivity index (χ3n) is 3.90. The number of aromatic nitrogens is 7. The molecule has 1 amide bonds. The predicted octanol–water partition coefficient (Wildman–Crippen LogP) is 3.17. The van der Waals surface area contributed by atoms with Crippen LogP contribution in [-0.4, -0.2) is 40.6 Å². The summed E-state index contributed by atoms with van der Waals surface area (Å²) in [5, 5.41) is 6.97. The van der Waals surface area contributed by atoms with Crippen LogP contribution in [-0.2, 0) is 11.3 Å². The van der Waals surface area contributed by atoms with Crippen LogP contribution in [0.25, 0.3) is 22.5 Å². The first-order valence-electron chi connectivity index (χ1n) is 9.52. The van der Waals surface area contributed by atoms with E-state index < -0.39 is 0 Å². The van der Waals surface area contributed by atoms with Crippen LogP contribution < -0.4 is 5.32 Å². The SMILES string of the molecule is CC.Cc1nccc(-c2cnn(CC(=O)Nc3ccc(-c4cnccn4)cn3)c2)n1. The molecule has 9 heteroatoms. The van der Waals surface area contributed by atoms with Crippen LogP contribution in [0.4, 0.5) is 5.82 Å². The van der Waals surface area contributed by atoms with Crippen molar-refractivity contribution in [3.63, 3.8) is 0 Å². The van der Waals surface area contributed by atoms with Gasteiger partial charge in [-0.05, 0) is 25.1 Å². The Morgan fingerprint density at radius 3 is 2.50 bits per heavy atom. The quantitative estimate of drug-likeness (QED) is 0.546. The molecule has 0 radical (unpaired) electrons. The molecule has 4 aromatic heterocycles. The number of anilines is 1. The number of pyridine rings is 1. The Hall–Kier alpha value is -4.01. The van der Waals surface area contributed by atoms with Crippen molar-refractivity contribution >= 4 is 11.7 Å². The van der Waals surface area contributed by atoms with Gasteiger partial charge in [0.2, 0.25) is 5.91 Å². The maximum Gasteiger partial charge on any atom is 0.247 e. The van der Waals surface area contributed by atoms with E-state index >= 15 is 0 Å². The van der Waals surface area contributed by atoms with E-state index in [4.69, 9.17) is 0 Å². The summed E-state index contributed by atoms with van der Waals surface area (Å²) in [4.78, 5) is 33.2. The average molecular weight is 402 g/mol. The second-order valence-corrected chi connectivity index (χ2v) is 5.99. The summed E-state index contributed by atoms with van der Waals surface area (Å²) in [5.41, 5.74) is 3.13. The molecule has 9 nitrogen and oxygen atoms in total. The minimum absolute atomic E-state index is 0.0671. The van der Waals surface area contributed by atoms with Gasteiger partial charge in [0.15, 0.2) is 0 Å². The monoisotopic (exact) mass is 402 g/mol. The fourth-order valence-electron chi connectivity index (χ4n) is 2.60. The summed E-state index contributed by atoms with van der Waals surface area (Å²) in [7, 11) is 0. The zero-order chi connectivity index (χ0) is 21.3. The van der Waals surface area contributed by atoms with E-state index in [9.17, 15) is 4.79 Å². The highest BCUT2D eigenvalue weighted by Gasteiger charge is 2.09. The largest absolute Gasteiger partial charge is 0.309 e. The van der Waals surface area contributed by atoms with Crippen LogP contribution in [0.2, 0.25) is 0 Å². The molecule has 30 heavy (non-hydrogen) atoms. The maximum atomic E-state index is 12.3. The van der Waals surface area contributed by atoms with Gasteiger partial charge in [0.1, 0.15) is 18.2 Å². The number of hydrogen-bond acceptors (Lipinski definition) is 7. The number of aryl methyl sites for hydroxylation is 1. The van der Waals surface area contributed by atoms with Gasteiger partial charge in [0.05, 0.1) is 23.8 Å². The molecule has 0 saturated heterocycles. The number of nitrogens with one attached hydrogen (secondary N) is 1. The van der Waals surface area contributed by atoms with E-state index in [0.717, 1.165) is 22.5 Å². The summed E-state index contributed by atoms with van der Waals surface area (Å²) in [6.07, 6.45) is 11.7. The first-order chi connectivity index (χ1) is 14.7. The lowest BCUT2D eigenvalue weighted by atomic mass is 10.2. The van der Waals surface area contributed by atoms with Gasteiger partial charge in [-0.1, -0.05) is 13.8 Å². The molecule has 0 saturated carbocycles. The van der Waals surface area contributed by atoms with Crippen LogP contribution >= 0.6 is 0 Å². The van der Waals surface area contributed by atoms with E-state index in [1.165, 1.54) is 0 Å². The van der Waals surface area contributed by atoms with Gasteiger partial charge in [-0.2, -0.15) is 5.10 Å². The topological polar surface area (TPSA) is 111 Å². The third-order valence-corrected chi connectivity index (χ3v) is 3.90. The first-order valence-corrected chi connectivity index (χ1v) is 9.52. The van der Waals surface area contributed by atoms with Crippen LogP contribution in [0, 0.1) is 6.92 Å². The molecule has 0 atom stereocenters. The van der Waals surface area contributed by atoms with Gasteiger partial charge in [0.25, 0.3) is 0 Å². The highest BCUT2D eigenvalue weighted by Crippen LogP contribution is 2.17. The molecule has 152 valence electrons. The molecular formula is C21H22N8O. The van der Waals surface area contributed by atoms with Crippen molar-refractivity contribution in [1.82, 2.24) is 34.7 Å². The Balaban J connectivity index is 0.00000124. The Bertz CT molecular complexity index is 1090. The van der Waals surface area contributed by atoms with Crippen molar-refractivity contribution in [2.24, 2.45) is 0 Å². The van der Waals surface area contributed by atoms with Gasteiger partial charge in [-0.3, -0.25) is 19.4 Å². The van der Waals surface area contributed by atoms with Crippen LogP contribution in [0.15, 0.2) is 61.6 Å². The molecule has 0 aromatic carbocycles. The second kappa shape index (κ2) is 9.97. The van der Waals surface area contributed by atoms with Gasteiger partial charge < -0.3 is 5.32 Å². The van der Waals surface area contributed by atoms with E-state index in [-0.39, 0.29) is 12.5 Å². The maximum absolute atomic E-state index is 12.3. The first kappa shape index (κ1) is 20.7. The lowest BCUT2D eigenvalue weighted by Crippen LogP contribution is -2.19. The van der Waals surface area contributed by atoms with E-state index in [1.54, 1.807) is 60.2 Å². The molecule has 0 aliphatic rings. The van der Waals surface area contributed by atoms with Crippen LogP contribution in [0.3, 0.4) is 0 Å². The minimum atomic E-state index is -0.228. The van der Waals surface area contributed by atoms with Crippen molar-refractivity contribution in [3.05, 3.63) is 67.4 Å². The van der Waals surface area contributed by atoms with E-state index in [2.05, 4.69) is 35.3 Å². The van der Waals surface area contributed by atoms with E-state index in [1.807, 2.05) is 26.8 Å². The van der Waals surface area contributed by atoms with Crippen molar-refractivity contribution in [2.45, 2.75) is 27.3 Å². The zero-order valence-electron chi connectivity index (χ0n) is 17.0. The highest BCUT2D eigenvalue weighted by molar-refractivity contribution is 5.89.